The van der Waals surface area contributed by atoms with Gasteiger partial charge in [0.05, 0.1) is 26.1 Å². The van der Waals surface area contributed by atoms with E-state index in [1.165, 1.54) is 0 Å². The summed E-state index contributed by atoms with van der Waals surface area (Å²) in [4.78, 5) is 28.7. The van der Waals surface area contributed by atoms with Gasteiger partial charge in [0.15, 0.2) is 17.0 Å². The first-order valence-corrected chi connectivity index (χ1v) is 10.1. The van der Waals surface area contributed by atoms with E-state index in [1.807, 2.05) is 23.3 Å². The highest BCUT2D eigenvalue weighted by molar-refractivity contribution is 6.07. The fourth-order valence-electron chi connectivity index (χ4n) is 3.71. The fraction of sp³-hybridized carbons (Fsp3) is 0.429. The molecule has 9 nitrogen and oxygen atoms in total. The number of carbonyl (C=O) groups excluding carboxylic acids is 1. The number of ether oxygens (including phenoxy) is 1. The second-order valence-corrected chi connectivity index (χ2v) is 7.64. The molecule has 1 aromatic carbocycles. The molecule has 0 unspecified atom stereocenters. The molecule has 1 amide bonds. The van der Waals surface area contributed by atoms with Gasteiger partial charge < -0.3 is 24.6 Å². The van der Waals surface area contributed by atoms with Crippen molar-refractivity contribution >= 4 is 28.8 Å². The smallest absolute Gasteiger partial charge is 0.256 e. The first kappa shape index (κ1) is 20.1. The number of anilines is 2. The third-order valence-corrected chi connectivity index (χ3v) is 5.39. The average Bonchev–Trinajstić information content (AvgIpc) is 3.40. The molecular formula is C21H26N6O3. The van der Waals surface area contributed by atoms with Gasteiger partial charge in [0.1, 0.15) is 5.75 Å². The van der Waals surface area contributed by atoms with Crippen molar-refractivity contribution < 1.29 is 14.6 Å². The van der Waals surface area contributed by atoms with Crippen LogP contribution in [0.3, 0.4) is 0 Å². The Balaban J connectivity index is 1.74. The highest BCUT2D eigenvalue weighted by Gasteiger charge is 2.28. The van der Waals surface area contributed by atoms with Gasteiger partial charge in [-0.05, 0) is 51.0 Å². The summed E-state index contributed by atoms with van der Waals surface area (Å²) in [5.74, 6) is 1.24. The van der Waals surface area contributed by atoms with Crippen molar-refractivity contribution in [1.29, 1.82) is 0 Å². The minimum atomic E-state index is -0.289. The molecule has 158 valence electrons. The summed E-state index contributed by atoms with van der Waals surface area (Å²) < 4.78 is 7.10. The van der Waals surface area contributed by atoms with E-state index in [0.29, 0.717) is 34.2 Å². The van der Waals surface area contributed by atoms with E-state index in [1.54, 1.807) is 37.7 Å². The monoisotopic (exact) mass is 410 g/mol. The van der Waals surface area contributed by atoms with Gasteiger partial charge in [0.2, 0.25) is 5.95 Å². The number of hydrogen-bond acceptors (Lipinski definition) is 7. The Kier molecular flexibility index (Phi) is 5.54. The van der Waals surface area contributed by atoms with Gasteiger partial charge in [-0.15, -0.1) is 0 Å². The summed E-state index contributed by atoms with van der Waals surface area (Å²) in [7, 11) is 1.58. The number of aromatic nitrogens is 4. The topological polar surface area (TPSA) is 105 Å². The molecule has 30 heavy (non-hydrogen) atoms. The van der Waals surface area contributed by atoms with Gasteiger partial charge in [0.25, 0.3) is 5.91 Å². The summed E-state index contributed by atoms with van der Waals surface area (Å²) >= 11 is 0. The number of rotatable bonds is 6. The molecule has 2 aromatic heterocycles. The number of benzene rings is 1. The Hall–Kier alpha value is -3.20. The van der Waals surface area contributed by atoms with Crippen LogP contribution in [0.25, 0.3) is 11.2 Å². The second kappa shape index (κ2) is 8.27. The molecule has 9 heteroatoms. The number of amides is 1. The average molecular weight is 410 g/mol. The largest absolute Gasteiger partial charge is 0.497 e. The summed E-state index contributed by atoms with van der Waals surface area (Å²) in [5, 5.41) is 12.6. The van der Waals surface area contributed by atoms with E-state index in [2.05, 4.69) is 15.3 Å². The molecule has 0 spiro atoms. The Morgan fingerprint density at radius 1 is 1.30 bits per heavy atom. The van der Waals surface area contributed by atoms with Crippen molar-refractivity contribution in [1.82, 2.24) is 19.5 Å². The fourth-order valence-corrected chi connectivity index (χ4v) is 3.71. The molecule has 2 N–H and O–H groups in total. The number of nitrogens with one attached hydrogen (secondary N) is 1. The van der Waals surface area contributed by atoms with Gasteiger partial charge in [0, 0.05) is 18.2 Å². The van der Waals surface area contributed by atoms with Gasteiger partial charge in [-0.3, -0.25) is 4.79 Å². The zero-order valence-corrected chi connectivity index (χ0v) is 17.4. The SMILES string of the molecule is COc1ccc(C(=O)Nc2nc(N3CCC[C@@H]3CO)nc3c2ncn3C(C)C)cc1. The van der Waals surface area contributed by atoms with Crippen LogP contribution >= 0.6 is 0 Å². The highest BCUT2D eigenvalue weighted by atomic mass is 16.5. The third kappa shape index (κ3) is 3.68. The molecule has 3 heterocycles. The van der Waals surface area contributed by atoms with Crippen LogP contribution < -0.4 is 15.0 Å². The van der Waals surface area contributed by atoms with Crippen LogP contribution in [0.15, 0.2) is 30.6 Å². The van der Waals surface area contributed by atoms with Crippen molar-refractivity contribution in [2.24, 2.45) is 0 Å². The number of hydrogen-bond donors (Lipinski definition) is 2. The number of imidazole rings is 1. The highest BCUT2D eigenvalue weighted by Crippen LogP contribution is 2.29. The molecule has 1 fully saturated rings. The van der Waals surface area contributed by atoms with E-state index >= 15 is 0 Å². The Bertz CT molecular complexity index is 1050. The van der Waals surface area contributed by atoms with Crippen molar-refractivity contribution in [3.63, 3.8) is 0 Å². The molecule has 0 aliphatic carbocycles. The van der Waals surface area contributed by atoms with Gasteiger partial charge in [-0.25, -0.2) is 4.98 Å². The molecule has 1 saturated heterocycles. The van der Waals surface area contributed by atoms with Crippen LogP contribution in [0.2, 0.25) is 0 Å². The number of aliphatic hydroxyl groups is 1. The molecule has 3 aromatic rings. The Morgan fingerprint density at radius 2 is 2.07 bits per heavy atom. The van der Waals surface area contributed by atoms with Crippen LogP contribution in [0, 0.1) is 0 Å². The van der Waals surface area contributed by atoms with Gasteiger partial charge >= 0.3 is 0 Å². The normalized spacial score (nSPS) is 16.4. The zero-order chi connectivity index (χ0) is 21.3. The van der Waals surface area contributed by atoms with Crippen LogP contribution in [0.4, 0.5) is 11.8 Å². The van der Waals surface area contributed by atoms with E-state index in [4.69, 9.17) is 9.72 Å². The lowest BCUT2D eigenvalue weighted by atomic mass is 10.2. The maximum atomic E-state index is 12.9. The minimum absolute atomic E-state index is 0.0250. The quantitative estimate of drug-likeness (QED) is 0.643. The lowest BCUT2D eigenvalue weighted by Gasteiger charge is -2.23. The number of carbonyl (C=O) groups is 1. The lowest BCUT2D eigenvalue weighted by Crippen LogP contribution is -2.33. The number of methoxy groups -OCH3 is 1. The summed E-state index contributed by atoms with van der Waals surface area (Å²) in [6.45, 7) is 4.90. The van der Waals surface area contributed by atoms with Crippen LogP contribution in [-0.4, -0.2) is 56.8 Å². The van der Waals surface area contributed by atoms with Gasteiger partial charge in [-0.2, -0.15) is 9.97 Å². The molecule has 1 atom stereocenters. The number of aliphatic hydroxyl groups excluding tert-OH is 1. The van der Waals surface area contributed by atoms with E-state index in [9.17, 15) is 9.90 Å². The summed E-state index contributed by atoms with van der Waals surface area (Å²) in [6, 6.07) is 6.99. The Labute approximate surface area is 174 Å². The molecule has 0 bridgehead atoms. The second-order valence-electron chi connectivity index (χ2n) is 7.64. The molecule has 1 aliphatic rings. The first-order chi connectivity index (χ1) is 14.5. The Morgan fingerprint density at radius 3 is 2.73 bits per heavy atom. The predicted molar refractivity (Wildman–Crippen MR) is 114 cm³/mol. The van der Waals surface area contributed by atoms with E-state index < -0.39 is 0 Å². The lowest BCUT2D eigenvalue weighted by molar-refractivity contribution is 0.102. The number of fused-ring (bicyclic) bond motifs is 1. The maximum Gasteiger partial charge on any atom is 0.256 e. The number of nitrogens with zero attached hydrogens (tertiary/aromatic N) is 5. The van der Waals surface area contributed by atoms with Crippen molar-refractivity contribution in [2.45, 2.75) is 38.8 Å². The molecular weight excluding hydrogens is 384 g/mol. The zero-order valence-electron chi connectivity index (χ0n) is 17.4. The van der Waals surface area contributed by atoms with E-state index in [-0.39, 0.29) is 24.6 Å². The maximum absolute atomic E-state index is 12.9. The van der Waals surface area contributed by atoms with Crippen molar-refractivity contribution in [3.8, 4) is 5.75 Å². The minimum Gasteiger partial charge on any atom is -0.497 e. The van der Waals surface area contributed by atoms with Crippen LogP contribution in [0.5, 0.6) is 5.75 Å². The van der Waals surface area contributed by atoms with Crippen LogP contribution in [0.1, 0.15) is 43.1 Å². The van der Waals surface area contributed by atoms with Crippen LogP contribution in [-0.2, 0) is 0 Å². The summed E-state index contributed by atoms with van der Waals surface area (Å²) in [5.41, 5.74) is 1.68. The standard InChI is InChI=1S/C21H26N6O3/c1-13(2)27-12-22-17-18(23-20(29)14-6-8-16(30-3)9-7-14)24-21(25-19(17)27)26-10-4-5-15(26)11-28/h6-9,12-13,15,28H,4-5,10-11H2,1-3H3,(H,23,24,25,29)/t15-/m1/s1. The first-order valence-electron chi connectivity index (χ1n) is 10.1. The predicted octanol–water partition coefficient (Wildman–Crippen LogP) is 2.63. The molecule has 0 radical (unpaired) electrons. The van der Waals surface area contributed by atoms with Crippen molar-refractivity contribution in [3.05, 3.63) is 36.2 Å². The van der Waals surface area contributed by atoms with Gasteiger partial charge in [-0.1, -0.05) is 0 Å². The molecule has 1 aliphatic heterocycles. The van der Waals surface area contributed by atoms with E-state index in [0.717, 1.165) is 19.4 Å². The van der Waals surface area contributed by atoms with Crippen molar-refractivity contribution in [2.75, 3.05) is 30.5 Å². The summed E-state index contributed by atoms with van der Waals surface area (Å²) in [6.07, 6.45) is 3.56. The molecule has 0 saturated carbocycles. The molecule has 4 rings (SSSR count). The third-order valence-electron chi connectivity index (χ3n) is 5.39.